The first-order valence-electron chi connectivity index (χ1n) is 6.69. The van der Waals surface area contributed by atoms with E-state index >= 15 is 0 Å². The van der Waals surface area contributed by atoms with Crippen molar-refractivity contribution in [3.63, 3.8) is 0 Å². The number of aliphatic hydroxyl groups is 1. The summed E-state index contributed by atoms with van der Waals surface area (Å²) in [5.74, 6) is 0.672. The summed E-state index contributed by atoms with van der Waals surface area (Å²) in [6.07, 6.45) is 5.71. The first-order chi connectivity index (χ1) is 8.86. The fourth-order valence-corrected chi connectivity index (χ4v) is 2.74. The van der Waals surface area contributed by atoms with Crippen LogP contribution in [0.1, 0.15) is 30.6 Å². The normalized spacial score (nSPS) is 17.4. The molecule has 3 rings (SSSR count). The van der Waals surface area contributed by atoms with Crippen molar-refractivity contribution in [2.45, 2.75) is 32.4 Å². The van der Waals surface area contributed by atoms with Gasteiger partial charge in [-0.25, -0.2) is 0 Å². The molecule has 2 heterocycles. The Labute approximate surface area is 107 Å². The van der Waals surface area contributed by atoms with Crippen molar-refractivity contribution in [3.05, 3.63) is 35.8 Å². The number of nitrogens with zero attached hydrogens (tertiary/aromatic N) is 1. The molecule has 3 nitrogen and oxygen atoms in total. The highest BCUT2D eigenvalue weighted by atomic mass is 16.4. The van der Waals surface area contributed by atoms with E-state index in [1.165, 1.54) is 37.9 Å². The van der Waals surface area contributed by atoms with E-state index in [0.717, 1.165) is 17.3 Å². The lowest BCUT2D eigenvalue weighted by Crippen LogP contribution is -2.29. The molecule has 0 unspecified atom stereocenters. The first-order valence-corrected chi connectivity index (χ1v) is 6.69. The minimum Gasteiger partial charge on any atom is -0.466 e. The molecule has 2 aromatic rings. The second-order valence-corrected chi connectivity index (χ2v) is 5.08. The van der Waals surface area contributed by atoms with Crippen molar-refractivity contribution >= 4 is 10.8 Å². The quantitative estimate of drug-likeness (QED) is 0.903. The number of rotatable bonds is 3. The highest BCUT2D eigenvalue weighted by molar-refractivity contribution is 5.84. The van der Waals surface area contributed by atoms with E-state index in [0.29, 0.717) is 5.76 Å². The van der Waals surface area contributed by atoms with E-state index in [4.69, 9.17) is 4.42 Å². The minimum atomic E-state index is -0.0311. The molecule has 96 valence electrons. The molecule has 0 amide bonds. The second kappa shape index (κ2) is 5.12. The predicted molar refractivity (Wildman–Crippen MR) is 71.3 cm³/mol. The third-order valence-electron chi connectivity index (χ3n) is 3.74. The van der Waals surface area contributed by atoms with Crippen molar-refractivity contribution in [2.24, 2.45) is 0 Å². The van der Waals surface area contributed by atoms with Crippen molar-refractivity contribution < 1.29 is 9.52 Å². The van der Waals surface area contributed by atoms with Crippen LogP contribution in [0, 0.1) is 0 Å². The molecule has 1 aliphatic heterocycles. The molecule has 1 aromatic heterocycles. The molecule has 18 heavy (non-hydrogen) atoms. The molecule has 0 aliphatic carbocycles. The van der Waals surface area contributed by atoms with Gasteiger partial charge in [0.15, 0.2) is 0 Å². The molecular weight excluding hydrogens is 226 g/mol. The Bertz CT molecular complexity index is 526. The van der Waals surface area contributed by atoms with Crippen LogP contribution in [0.25, 0.3) is 10.8 Å². The van der Waals surface area contributed by atoms with Gasteiger partial charge in [-0.1, -0.05) is 18.6 Å². The largest absolute Gasteiger partial charge is 0.466 e. The summed E-state index contributed by atoms with van der Waals surface area (Å²) in [6.45, 7) is 3.38. The topological polar surface area (TPSA) is 36.6 Å². The van der Waals surface area contributed by atoms with Gasteiger partial charge in [-0.05, 0) is 37.6 Å². The monoisotopic (exact) mass is 245 g/mol. The first kappa shape index (κ1) is 11.8. The summed E-state index contributed by atoms with van der Waals surface area (Å²) < 4.78 is 5.35. The van der Waals surface area contributed by atoms with Crippen molar-refractivity contribution in [2.75, 3.05) is 13.1 Å². The molecule has 1 aliphatic rings. The predicted octanol–water partition coefficient (Wildman–Crippen LogP) is 2.91. The Morgan fingerprint density at radius 2 is 2.00 bits per heavy atom. The number of furan rings is 1. The van der Waals surface area contributed by atoms with Gasteiger partial charge in [0, 0.05) is 17.3 Å². The molecule has 0 atom stereocenters. The summed E-state index contributed by atoms with van der Waals surface area (Å²) in [5.41, 5.74) is 1.31. The molecule has 0 spiro atoms. The summed E-state index contributed by atoms with van der Waals surface area (Å²) in [7, 11) is 0. The van der Waals surface area contributed by atoms with Crippen LogP contribution in [0.3, 0.4) is 0 Å². The molecule has 3 heteroatoms. The second-order valence-electron chi connectivity index (χ2n) is 5.08. The minimum absolute atomic E-state index is 0.0311. The zero-order chi connectivity index (χ0) is 12.4. The van der Waals surface area contributed by atoms with Crippen LogP contribution in [0.2, 0.25) is 0 Å². The van der Waals surface area contributed by atoms with E-state index in [1.54, 1.807) is 6.26 Å². The van der Waals surface area contributed by atoms with E-state index in [2.05, 4.69) is 23.1 Å². The van der Waals surface area contributed by atoms with Crippen molar-refractivity contribution in [3.8, 4) is 0 Å². The number of fused-ring (bicyclic) bond motifs is 1. The average Bonchev–Trinajstić information content (AvgIpc) is 2.82. The van der Waals surface area contributed by atoms with Crippen LogP contribution in [-0.2, 0) is 13.2 Å². The Kier molecular flexibility index (Phi) is 3.35. The molecular formula is C15H19NO2. The smallest absolute Gasteiger partial charge is 0.136 e. The lowest BCUT2D eigenvalue weighted by Gasteiger charge is -2.26. The third-order valence-corrected chi connectivity index (χ3v) is 3.74. The SMILES string of the molecule is OCc1occ2ccc(CN3CCCCC3)cc12. The highest BCUT2D eigenvalue weighted by Crippen LogP contribution is 2.23. The molecule has 0 bridgehead atoms. The molecule has 1 aromatic carbocycles. The standard InChI is InChI=1S/C15H19NO2/c17-10-15-14-8-12(4-5-13(14)11-18-15)9-16-6-2-1-3-7-16/h4-5,8,11,17H,1-3,6-7,9-10H2. The van der Waals surface area contributed by atoms with Gasteiger partial charge in [-0.2, -0.15) is 0 Å². The van der Waals surface area contributed by atoms with Crippen molar-refractivity contribution in [1.82, 2.24) is 4.90 Å². The Balaban J connectivity index is 1.83. The molecule has 1 fully saturated rings. The van der Waals surface area contributed by atoms with Crippen molar-refractivity contribution in [1.29, 1.82) is 0 Å². The molecule has 1 saturated heterocycles. The summed E-state index contributed by atoms with van der Waals surface area (Å²) in [4.78, 5) is 2.50. The van der Waals surface area contributed by atoms with Crippen LogP contribution in [-0.4, -0.2) is 23.1 Å². The van der Waals surface area contributed by atoms with Crippen LogP contribution >= 0.6 is 0 Å². The number of aliphatic hydroxyl groups excluding tert-OH is 1. The maximum atomic E-state index is 9.23. The van der Waals surface area contributed by atoms with E-state index in [1.807, 2.05) is 0 Å². The van der Waals surface area contributed by atoms with Crippen LogP contribution < -0.4 is 0 Å². The van der Waals surface area contributed by atoms with Crippen LogP contribution in [0.4, 0.5) is 0 Å². The number of likely N-dealkylation sites (tertiary alicyclic amines) is 1. The number of benzene rings is 1. The zero-order valence-corrected chi connectivity index (χ0v) is 10.6. The summed E-state index contributed by atoms with van der Waals surface area (Å²) in [6, 6.07) is 6.39. The van der Waals surface area contributed by atoms with Crippen LogP contribution in [0.15, 0.2) is 28.9 Å². The van der Waals surface area contributed by atoms with Gasteiger partial charge < -0.3 is 9.52 Å². The highest BCUT2D eigenvalue weighted by Gasteiger charge is 2.12. The van der Waals surface area contributed by atoms with Gasteiger partial charge in [-0.15, -0.1) is 0 Å². The fraction of sp³-hybridized carbons (Fsp3) is 0.467. The lowest BCUT2D eigenvalue weighted by molar-refractivity contribution is 0.221. The Morgan fingerprint density at radius 1 is 1.17 bits per heavy atom. The average molecular weight is 245 g/mol. The number of hydrogen-bond donors (Lipinski definition) is 1. The van der Waals surface area contributed by atoms with E-state index < -0.39 is 0 Å². The molecule has 0 saturated carbocycles. The number of piperidine rings is 1. The van der Waals surface area contributed by atoms with Gasteiger partial charge in [0.2, 0.25) is 0 Å². The Morgan fingerprint density at radius 3 is 2.78 bits per heavy atom. The van der Waals surface area contributed by atoms with Gasteiger partial charge in [-0.3, -0.25) is 4.90 Å². The maximum absolute atomic E-state index is 9.23. The van der Waals surface area contributed by atoms with Gasteiger partial charge >= 0.3 is 0 Å². The summed E-state index contributed by atoms with van der Waals surface area (Å²) in [5, 5.41) is 11.4. The molecule has 0 radical (unpaired) electrons. The third kappa shape index (κ3) is 2.28. The maximum Gasteiger partial charge on any atom is 0.136 e. The zero-order valence-electron chi connectivity index (χ0n) is 10.6. The Hall–Kier alpha value is -1.32. The van der Waals surface area contributed by atoms with Gasteiger partial charge in [0.05, 0.1) is 6.26 Å². The van der Waals surface area contributed by atoms with Gasteiger partial charge in [0.25, 0.3) is 0 Å². The van der Waals surface area contributed by atoms with E-state index in [9.17, 15) is 5.11 Å². The van der Waals surface area contributed by atoms with E-state index in [-0.39, 0.29) is 6.61 Å². The molecule has 1 N–H and O–H groups in total. The fourth-order valence-electron chi connectivity index (χ4n) is 2.74. The lowest BCUT2D eigenvalue weighted by atomic mass is 10.1. The van der Waals surface area contributed by atoms with Gasteiger partial charge in [0.1, 0.15) is 12.4 Å². The summed E-state index contributed by atoms with van der Waals surface area (Å²) >= 11 is 0. The van der Waals surface area contributed by atoms with Crippen LogP contribution in [0.5, 0.6) is 0 Å². The number of hydrogen-bond acceptors (Lipinski definition) is 3.